The second-order valence-electron chi connectivity index (χ2n) is 5.70. The predicted octanol–water partition coefficient (Wildman–Crippen LogP) is 1.91. The van der Waals surface area contributed by atoms with Gasteiger partial charge >= 0.3 is 5.97 Å². The minimum atomic E-state index is -0.220. The van der Waals surface area contributed by atoms with Crippen LogP contribution in [0.4, 0.5) is 0 Å². The van der Waals surface area contributed by atoms with Gasteiger partial charge in [-0.1, -0.05) is 6.07 Å². The molecule has 5 nitrogen and oxygen atoms in total. The summed E-state index contributed by atoms with van der Waals surface area (Å²) in [5.41, 5.74) is 4.98. The number of hydrogen-bond acceptors (Lipinski definition) is 4. The molecule has 0 heterocycles. The van der Waals surface area contributed by atoms with Gasteiger partial charge in [0, 0.05) is 5.92 Å². The molecule has 1 aromatic carbocycles. The highest BCUT2D eigenvalue weighted by atomic mass is 16.5. The molecular weight excluding hydrogens is 282 g/mol. The van der Waals surface area contributed by atoms with Gasteiger partial charge in [-0.2, -0.15) is 0 Å². The molecule has 3 N–H and O–H groups in total. The van der Waals surface area contributed by atoms with Crippen LogP contribution in [0.1, 0.15) is 43.6 Å². The zero-order valence-corrected chi connectivity index (χ0v) is 13.5. The smallest absolute Gasteiger partial charge is 0.306 e. The Hall–Kier alpha value is -1.75. The van der Waals surface area contributed by atoms with Crippen molar-refractivity contribution < 1.29 is 24.7 Å². The van der Waals surface area contributed by atoms with Gasteiger partial charge in [0.15, 0.2) is 11.5 Å². The predicted molar refractivity (Wildman–Crippen MR) is 83.0 cm³/mol. The van der Waals surface area contributed by atoms with Gasteiger partial charge in [-0.15, -0.1) is 0 Å². The molecule has 1 aliphatic carbocycles. The minimum Gasteiger partial charge on any atom is -0.493 e. The van der Waals surface area contributed by atoms with Crippen molar-refractivity contribution in [1.29, 1.82) is 0 Å². The quantitative estimate of drug-likeness (QED) is 0.781. The van der Waals surface area contributed by atoms with E-state index >= 15 is 0 Å². The third kappa shape index (κ3) is 4.13. The highest BCUT2D eigenvalue weighted by molar-refractivity contribution is 5.70. The fourth-order valence-electron chi connectivity index (χ4n) is 2.90. The molecule has 0 bridgehead atoms. The molecule has 0 spiro atoms. The number of rotatable bonds is 7. The maximum atomic E-state index is 11.5. The number of esters is 1. The Labute approximate surface area is 131 Å². The lowest BCUT2D eigenvalue weighted by molar-refractivity contribution is -0.372. The van der Waals surface area contributed by atoms with E-state index in [0.717, 1.165) is 29.9 Å². The first-order valence-corrected chi connectivity index (χ1v) is 7.88. The molecule has 1 aromatic rings. The van der Waals surface area contributed by atoms with Crippen LogP contribution in [0.25, 0.3) is 0 Å². The molecule has 1 atom stereocenters. The zero-order valence-electron chi connectivity index (χ0n) is 13.5. The molecule has 0 radical (unpaired) electrons. The molecule has 5 heteroatoms. The zero-order chi connectivity index (χ0) is 15.9. The second-order valence-corrected chi connectivity index (χ2v) is 5.70. The van der Waals surface area contributed by atoms with Gasteiger partial charge in [-0.3, -0.25) is 4.79 Å². The summed E-state index contributed by atoms with van der Waals surface area (Å²) in [6, 6.07) is 5.86. The maximum absolute atomic E-state index is 11.5. The first-order valence-electron chi connectivity index (χ1n) is 7.88. The molecular formula is C17H26NO4+. The van der Waals surface area contributed by atoms with E-state index in [1.54, 1.807) is 7.11 Å². The van der Waals surface area contributed by atoms with Gasteiger partial charge in [-0.25, -0.2) is 0 Å². The third-order valence-corrected chi connectivity index (χ3v) is 4.24. The van der Waals surface area contributed by atoms with E-state index < -0.39 is 0 Å². The van der Waals surface area contributed by atoms with Crippen LogP contribution >= 0.6 is 0 Å². The van der Waals surface area contributed by atoms with Crippen LogP contribution in [-0.4, -0.2) is 32.8 Å². The Bertz CT molecular complexity index is 497. The molecule has 0 aromatic heterocycles. The molecule has 1 aliphatic rings. The number of carbonyl (C=O) groups is 1. The summed E-state index contributed by atoms with van der Waals surface area (Å²) in [6.07, 6.45) is 5.22. The highest BCUT2D eigenvalue weighted by Crippen LogP contribution is 2.34. The van der Waals surface area contributed by atoms with E-state index in [-0.39, 0.29) is 18.0 Å². The first-order chi connectivity index (χ1) is 10.7. The van der Waals surface area contributed by atoms with Gasteiger partial charge in [0.25, 0.3) is 0 Å². The molecule has 22 heavy (non-hydrogen) atoms. The lowest BCUT2D eigenvalue weighted by atomic mass is 9.95. The van der Waals surface area contributed by atoms with Crippen molar-refractivity contribution in [2.45, 2.75) is 44.1 Å². The van der Waals surface area contributed by atoms with Crippen molar-refractivity contribution in [2.24, 2.45) is 0 Å². The number of methoxy groups -OCH3 is 2. The summed E-state index contributed by atoms with van der Waals surface area (Å²) >= 11 is 0. The summed E-state index contributed by atoms with van der Waals surface area (Å²) < 4.78 is 16.3. The first kappa shape index (κ1) is 16.6. The Morgan fingerprint density at radius 1 is 1.27 bits per heavy atom. The molecule has 1 fully saturated rings. The number of hydrogen-bond donors (Lipinski definition) is 1. The Morgan fingerprint density at radius 2 is 2.00 bits per heavy atom. The van der Waals surface area contributed by atoms with Crippen LogP contribution in [0.3, 0.4) is 0 Å². The van der Waals surface area contributed by atoms with E-state index in [4.69, 9.17) is 14.2 Å². The number of quaternary nitrogens is 1. The van der Waals surface area contributed by atoms with E-state index in [0.29, 0.717) is 13.0 Å². The summed E-state index contributed by atoms with van der Waals surface area (Å²) in [4.78, 5) is 11.5. The monoisotopic (exact) mass is 308 g/mol. The topological polar surface area (TPSA) is 72.4 Å². The van der Waals surface area contributed by atoms with Crippen LogP contribution in [0, 0.1) is 0 Å². The van der Waals surface area contributed by atoms with Gasteiger partial charge in [0.2, 0.25) is 0 Å². The van der Waals surface area contributed by atoms with Crippen LogP contribution in [-0.2, 0) is 9.53 Å². The molecule has 0 aliphatic heterocycles. The standard InChI is InChI=1S/C17H25NO4/c1-20-15-8-7-12(13(11-18)10-17(19)21-2)9-16(15)22-14-5-3-4-6-14/h7-9,13-14H,3-6,10-11,18H2,1-2H3/p+1. The summed E-state index contributed by atoms with van der Waals surface area (Å²) in [5, 5.41) is 0. The van der Waals surface area contributed by atoms with E-state index in [9.17, 15) is 4.79 Å². The average Bonchev–Trinajstić information content (AvgIpc) is 3.05. The number of benzene rings is 1. The van der Waals surface area contributed by atoms with Gasteiger partial charge in [0.1, 0.15) is 0 Å². The van der Waals surface area contributed by atoms with E-state index in [2.05, 4.69) is 5.73 Å². The van der Waals surface area contributed by atoms with Gasteiger partial charge in [0.05, 0.1) is 33.3 Å². The summed E-state index contributed by atoms with van der Waals surface area (Å²) in [5.74, 6) is 1.30. The fourth-order valence-corrected chi connectivity index (χ4v) is 2.90. The molecule has 1 unspecified atom stereocenters. The maximum Gasteiger partial charge on any atom is 0.306 e. The van der Waals surface area contributed by atoms with Gasteiger partial charge in [-0.05, 0) is 43.4 Å². The Balaban J connectivity index is 2.18. The molecule has 0 saturated heterocycles. The van der Waals surface area contributed by atoms with E-state index in [1.807, 2.05) is 18.2 Å². The van der Waals surface area contributed by atoms with Crippen molar-refractivity contribution in [3.05, 3.63) is 23.8 Å². The summed E-state index contributed by atoms with van der Waals surface area (Å²) in [6.45, 7) is 0.629. The second kappa shape index (κ2) is 8.03. The minimum absolute atomic E-state index is 0.0317. The third-order valence-electron chi connectivity index (χ3n) is 4.24. The lowest BCUT2D eigenvalue weighted by Gasteiger charge is -2.19. The van der Waals surface area contributed by atoms with Crippen LogP contribution < -0.4 is 15.2 Å². The van der Waals surface area contributed by atoms with Crippen LogP contribution in [0.2, 0.25) is 0 Å². The van der Waals surface area contributed by atoms with Crippen LogP contribution in [0.5, 0.6) is 11.5 Å². The van der Waals surface area contributed by atoms with Crippen molar-refractivity contribution in [2.75, 3.05) is 20.8 Å². The SMILES string of the molecule is COC(=O)CC(C[NH3+])c1ccc(OC)c(OC2CCCC2)c1. The largest absolute Gasteiger partial charge is 0.493 e. The molecule has 122 valence electrons. The Morgan fingerprint density at radius 3 is 2.59 bits per heavy atom. The van der Waals surface area contributed by atoms with E-state index in [1.165, 1.54) is 20.0 Å². The lowest BCUT2D eigenvalue weighted by Crippen LogP contribution is -2.53. The average molecular weight is 308 g/mol. The van der Waals surface area contributed by atoms with Crippen LogP contribution in [0.15, 0.2) is 18.2 Å². The Kier molecular flexibility index (Phi) is 6.07. The number of ether oxygens (including phenoxy) is 3. The fraction of sp³-hybridized carbons (Fsp3) is 0.588. The highest BCUT2D eigenvalue weighted by Gasteiger charge is 2.22. The molecule has 0 amide bonds. The van der Waals surface area contributed by atoms with Gasteiger partial charge < -0.3 is 19.9 Å². The molecule has 1 saturated carbocycles. The number of carbonyl (C=O) groups excluding carboxylic acids is 1. The summed E-state index contributed by atoms with van der Waals surface area (Å²) in [7, 11) is 3.05. The molecule has 2 rings (SSSR count). The van der Waals surface area contributed by atoms with Crippen molar-refractivity contribution in [1.82, 2.24) is 0 Å². The van der Waals surface area contributed by atoms with Crippen molar-refractivity contribution in [3.63, 3.8) is 0 Å². The van der Waals surface area contributed by atoms with Crippen molar-refractivity contribution in [3.8, 4) is 11.5 Å². The van der Waals surface area contributed by atoms with Crippen molar-refractivity contribution >= 4 is 5.97 Å². The normalized spacial score (nSPS) is 16.3.